The maximum Gasteiger partial charge on any atom is 0.223 e. The number of aromatic nitrogens is 2. The zero-order chi connectivity index (χ0) is 12.4. The Morgan fingerprint density at radius 2 is 2.00 bits per heavy atom. The summed E-state index contributed by atoms with van der Waals surface area (Å²) in [7, 11) is 0. The number of hydrogen-bond acceptors (Lipinski definition) is 4. The quantitative estimate of drug-likeness (QED) is 0.824. The van der Waals surface area contributed by atoms with Gasteiger partial charge in [0.1, 0.15) is 11.0 Å². The van der Waals surface area contributed by atoms with Crippen LogP contribution in [0.15, 0.2) is 24.3 Å². The van der Waals surface area contributed by atoms with E-state index in [0.29, 0.717) is 5.82 Å². The summed E-state index contributed by atoms with van der Waals surface area (Å²) < 4.78 is 13.6. The highest BCUT2D eigenvalue weighted by atomic mass is 35.5. The summed E-state index contributed by atoms with van der Waals surface area (Å²) in [5.74, 6) is -0.270. The minimum absolute atomic E-state index is 0.00226. The molecule has 0 fully saturated rings. The Morgan fingerprint density at radius 3 is 2.71 bits per heavy atom. The molecule has 2 rings (SSSR count). The first-order valence-electron chi connectivity index (χ1n) is 4.57. The van der Waals surface area contributed by atoms with Gasteiger partial charge in [-0.2, -0.15) is 4.98 Å². The standard InChI is InChI=1S/C10H7Cl2FN4/c11-5-2-1-3-6(9(5)13)15-8-4-7(12)16-10(14)17-8/h1-4H,(H3,14,15,16,17). The van der Waals surface area contributed by atoms with Gasteiger partial charge in [0.25, 0.3) is 0 Å². The Hall–Kier alpha value is -1.59. The molecule has 0 bridgehead atoms. The average Bonchev–Trinajstić information content (AvgIpc) is 2.23. The van der Waals surface area contributed by atoms with Crippen LogP contribution in [0.4, 0.5) is 21.8 Å². The van der Waals surface area contributed by atoms with Crippen LogP contribution >= 0.6 is 23.2 Å². The fourth-order valence-electron chi connectivity index (χ4n) is 1.24. The SMILES string of the molecule is Nc1nc(Cl)cc(Nc2cccc(Cl)c2F)n1. The highest BCUT2D eigenvalue weighted by molar-refractivity contribution is 6.31. The van der Waals surface area contributed by atoms with E-state index < -0.39 is 5.82 Å². The summed E-state index contributed by atoms with van der Waals surface area (Å²) in [6.07, 6.45) is 0. The fraction of sp³-hybridized carbons (Fsp3) is 0. The molecule has 0 aliphatic carbocycles. The third kappa shape index (κ3) is 2.75. The molecular formula is C10H7Cl2FN4. The zero-order valence-electron chi connectivity index (χ0n) is 8.42. The van der Waals surface area contributed by atoms with Crippen molar-refractivity contribution in [1.82, 2.24) is 9.97 Å². The van der Waals surface area contributed by atoms with Crippen LogP contribution in [0.5, 0.6) is 0 Å². The molecule has 17 heavy (non-hydrogen) atoms. The number of anilines is 3. The van der Waals surface area contributed by atoms with Crippen LogP contribution in [-0.4, -0.2) is 9.97 Å². The van der Waals surface area contributed by atoms with Crippen molar-refractivity contribution in [3.63, 3.8) is 0 Å². The van der Waals surface area contributed by atoms with E-state index in [0.717, 1.165) is 0 Å². The molecule has 1 heterocycles. The average molecular weight is 273 g/mol. The van der Waals surface area contributed by atoms with E-state index >= 15 is 0 Å². The van der Waals surface area contributed by atoms with E-state index in [1.807, 2.05) is 0 Å². The number of benzene rings is 1. The Labute approximate surface area is 107 Å². The van der Waals surface area contributed by atoms with Crippen LogP contribution < -0.4 is 11.1 Å². The van der Waals surface area contributed by atoms with Crippen molar-refractivity contribution < 1.29 is 4.39 Å². The van der Waals surface area contributed by atoms with Crippen molar-refractivity contribution in [2.45, 2.75) is 0 Å². The van der Waals surface area contributed by atoms with E-state index in [1.165, 1.54) is 18.2 Å². The second-order valence-electron chi connectivity index (χ2n) is 3.16. The molecule has 4 nitrogen and oxygen atoms in total. The molecule has 88 valence electrons. The normalized spacial score (nSPS) is 10.3. The van der Waals surface area contributed by atoms with E-state index in [2.05, 4.69) is 15.3 Å². The largest absolute Gasteiger partial charge is 0.368 e. The molecule has 1 aromatic carbocycles. The van der Waals surface area contributed by atoms with Gasteiger partial charge in [0.05, 0.1) is 10.7 Å². The highest BCUT2D eigenvalue weighted by Crippen LogP contribution is 2.25. The number of nitrogens with one attached hydrogen (secondary N) is 1. The van der Waals surface area contributed by atoms with Crippen molar-refractivity contribution in [2.24, 2.45) is 0 Å². The third-order valence-electron chi connectivity index (χ3n) is 1.93. The molecule has 0 aliphatic rings. The van der Waals surface area contributed by atoms with E-state index in [1.54, 1.807) is 6.07 Å². The van der Waals surface area contributed by atoms with E-state index in [9.17, 15) is 4.39 Å². The first-order chi connectivity index (χ1) is 8.06. The second kappa shape index (κ2) is 4.73. The van der Waals surface area contributed by atoms with Crippen molar-refractivity contribution in [1.29, 1.82) is 0 Å². The van der Waals surface area contributed by atoms with Gasteiger partial charge in [-0.15, -0.1) is 0 Å². The van der Waals surface area contributed by atoms with Crippen molar-refractivity contribution in [2.75, 3.05) is 11.1 Å². The third-order valence-corrected chi connectivity index (χ3v) is 2.41. The monoisotopic (exact) mass is 272 g/mol. The van der Waals surface area contributed by atoms with E-state index in [4.69, 9.17) is 28.9 Å². The number of halogens is 3. The summed E-state index contributed by atoms with van der Waals surface area (Å²) in [5, 5.41) is 2.91. The molecule has 0 aliphatic heterocycles. The summed E-state index contributed by atoms with van der Waals surface area (Å²) in [6, 6.07) is 6.01. The summed E-state index contributed by atoms with van der Waals surface area (Å²) >= 11 is 11.3. The molecular weight excluding hydrogens is 266 g/mol. The maximum atomic E-state index is 13.6. The predicted octanol–water partition coefficient (Wildman–Crippen LogP) is 3.25. The lowest BCUT2D eigenvalue weighted by molar-refractivity contribution is 0.632. The van der Waals surface area contributed by atoms with Crippen molar-refractivity contribution in [3.05, 3.63) is 40.3 Å². The molecule has 2 aromatic rings. The minimum atomic E-state index is -0.567. The number of nitrogens with zero attached hydrogens (tertiary/aromatic N) is 2. The topological polar surface area (TPSA) is 63.8 Å². The van der Waals surface area contributed by atoms with Gasteiger partial charge in [-0.25, -0.2) is 9.37 Å². The molecule has 0 atom stereocenters. The fourth-order valence-corrected chi connectivity index (χ4v) is 1.60. The molecule has 0 spiro atoms. The molecule has 0 saturated carbocycles. The highest BCUT2D eigenvalue weighted by Gasteiger charge is 2.08. The van der Waals surface area contributed by atoms with Gasteiger partial charge < -0.3 is 11.1 Å². The van der Waals surface area contributed by atoms with Gasteiger partial charge in [0, 0.05) is 6.07 Å². The van der Waals surface area contributed by atoms with Gasteiger partial charge >= 0.3 is 0 Å². The van der Waals surface area contributed by atoms with Crippen LogP contribution in [0.25, 0.3) is 0 Å². The second-order valence-corrected chi connectivity index (χ2v) is 3.95. The molecule has 0 amide bonds. The number of nitrogen functional groups attached to an aromatic ring is 1. The van der Waals surface area contributed by atoms with Gasteiger partial charge in [-0.05, 0) is 12.1 Å². The molecule has 3 N–H and O–H groups in total. The van der Waals surface area contributed by atoms with Gasteiger partial charge in [-0.1, -0.05) is 29.3 Å². The first kappa shape index (κ1) is 11.9. The lowest BCUT2D eigenvalue weighted by atomic mass is 10.3. The Balaban J connectivity index is 2.34. The van der Waals surface area contributed by atoms with E-state index in [-0.39, 0.29) is 21.8 Å². The molecule has 0 unspecified atom stereocenters. The number of hydrogen-bond donors (Lipinski definition) is 2. The zero-order valence-corrected chi connectivity index (χ0v) is 9.93. The number of rotatable bonds is 2. The van der Waals surface area contributed by atoms with Gasteiger partial charge in [0.2, 0.25) is 5.95 Å². The lowest BCUT2D eigenvalue weighted by Gasteiger charge is -2.08. The van der Waals surface area contributed by atoms with Gasteiger partial charge in [-0.3, -0.25) is 0 Å². The molecule has 0 saturated heterocycles. The van der Waals surface area contributed by atoms with Crippen LogP contribution in [0, 0.1) is 5.82 Å². The summed E-state index contributed by atoms with van der Waals surface area (Å²) in [4.78, 5) is 7.55. The van der Waals surface area contributed by atoms with Gasteiger partial charge in [0.15, 0.2) is 5.82 Å². The molecule has 0 radical (unpaired) electrons. The Morgan fingerprint density at radius 1 is 1.24 bits per heavy atom. The Kier molecular flexibility index (Phi) is 3.31. The maximum absolute atomic E-state index is 13.6. The lowest BCUT2D eigenvalue weighted by Crippen LogP contribution is -2.01. The first-order valence-corrected chi connectivity index (χ1v) is 5.33. The Bertz CT molecular complexity index is 542. The summed E-state index contributed by atoms with van der Waals surface area (Å²) in [6.45, 7) is 0. The smallest absolute Gasteiger partial charge is 0.223 e. The minimum Gasteiger partial charge on any atom is -0.368 e. The van der Waals surface area contributed by atoms with Crippen LogP contribution in [-0.2, 0) is 0 Å². The van der Waals surface area contributed by atoms with Crippen LogP contribution in [0.3, 0.4) is 0 Å². The molecule has 1 aromatic heterocycles. The number of nitrogens with two attached hydrogens (primary N) is 1. The van der Waals surface area contributed by atoms with Crippen LogP contribution in [0.1, 0.15) is 0 Å². The summed E-state index contributed by atoms with van der Waals surface area (Å²) in [5.41, 5.74) is 5.60. The van der Waals surface area contributed by atoms with Crippen molar-refractivity contribution in [3.8, 4) is 0 Å². The molecule has 7 heteroatoms. The van der Waals surface area contributed by atoms with Crippen molar-refractivity contribution >= 4 is 40.7 Å². The van der Waals surface area contributed by atoms with Crippen LogP contribution in [0.2, 0.25) is 10.2 Å². The predicted molar refractivity (Wildman–Crippen MR) is 66.1 cm³/mol.